The van der Waals surface area contributed by atoms with E-state index in [2.05, 4.69) is 10.3 Å². The molecule has 0 aliphatic carbocycles. The highest BCUT2D eigenvalue weighted by Gasteiger charge is 2.43. The number of H-pyrrole nitrogens is 1. The molecule has 1 aliphatic rings. The lowest BCUT2D eigenvalue weighted by molar-refractivity contribution is -0.268. The van der Waals surface area contributed by atoms with Crippen molar-refractivity contribution >= 4 is 16.8 Å². The highest BCUT2D eigenvalue weighted by Crippen LogP contribution is 2.28. The Bertz CT molecular complexity index is 776. The van der Waals surface area contributed by atoms with Crippen LogP contribution < -0.4 is 10.1 Å². The van der Waals surface area contributed by atoms with Gasteiger partial charge < -0.3 is 35.1 Å². The number of fused-ring (bicyclic) bond motifs is 1. The molecule has 142 valence electrons. The summed E-state index contributed by atoms with van der Waals surface area (Å²) in [5.74, 6) is 0.393. The second-order valence-corrected chi connectivity index (χ2v) is 6.55. The smallest absolute Gasteiger partial charge is 0.229 e. The number of aromatic nitrogens is 1. The zero-order chi connectivity index (χ0) is 18.8. The maximum absolute atomic E-state index is 11.0. The van der Waals surface area contributed by atoms with E-state index in [0.717, 1.165) is 16.5 Å². The predicted octanol–water partition coefficient (Wildman–Crippen LogP) is 0.0528. The van der Waals surface area contributed by atoms with Crippen molar-refractivity contribution in [1.82, 2.24) is 10.3 Å². The number of carbonyl (C=O) groups excluding carboxylic acids is 1. The van der Waals surface area contributed by atoms with Crippen LogP contribution in [-0.4, -0.2) is 63.5 Å². The van der Waals surface area contributed by atoms with Crippen molar-refractivity contribution in [2.24, 2.45) is 0 Å². The van der Waals surface area contributed by atoms with Gasteiger partial charge in [-0.3, -0.25) is 4.79 Å². The lowest BCUT2D eigenvalue weighted by Gasteiger charge is -2.38. The van der Waals surface area contributed by atoms with Gasteiger partial charge in [0.2, 0.25) is 12.2 Å². The van der Waals surface area contributed by atoms with Gasteiger partial charge in [-0.1, -0.05) is 0 Å². The second-order valence-electron chi connectivity index (χ2n) is 6.55. The van der Waals surface area contributed by atoms with E-state index in [-0.39, 0.29) is 5.91 Å². The first-order chi connectivity index (χ1) is 12.4. The molecule has 1 aromatic heterocycles. The Morgan fingerprint density at radius 1 is 1.27 bits per heavy atom. The van der Waals surface area contributed by atoms with Gasteiger partial charge in [0.05, 0.1) is 6.10 Å². The number of benzene rings is 1. The summed E-state index contributed by atoms with van der Waals surface area (Å²) in [6, 6.07) is 5.39. The van der Waals surface area contributed by atoms with Crippen LogP contribution in [0.25, 0.3) is 10.9 Å². The molecule has 8 nitrogen and oxygen atoms in total. The van der Waals surface area contributed by atoms with Crippen LogP contribution in [0, 0.1) is 0 Å². The Hall–Kier alpha value is -2.13. The molecule has 1 fully saturated rings. The van der Waals surface area contributed by atoms with Gasteiger partial charge in [0.25, 0.3) is 0 Å². The second kappa shape index (κ2) is 7.63. The zero-order valence-corrected chi connectivity index (χ0v) is 14.7. The van der Waals surface area contributed by atoms with E-state index in [4.69, 9.17) is 9.47 Å². The van der Waals surface area contributed by atoms with Crippen LogP contribution >= 0.6 is 0 Å². The first-order valence-electron chi connectivity index (χ1n) is 8.57. The number of rotatable bonds is 5. The van der Waals surface area contributed by atoms with Crippen molar-refractivity contribution in [2.75, 3.05) is 6.54 Å². The number of aromatic amines is 1. The molecule has 1 amide bonds. The fourth-order valence-corrected chi connectivity index (χ4v) is 3.06. The van der Waals surface area contributed by atoms with E-state index >= 15 is 0 Å². The van der Waals surface area contributed by atoms with E-state index < -0.39 is 30.7 Å². The van der Waals surface area contributed by atoms with Crippen molar-refractivity contribution < 1.29 is 29.6 Å². The molecule has 1 aromatic carbocycles. The average molecular weight is 364 g/mol. The molecule has 8 heteroatoms. The zero-order valence-electron chi connectivity index (χ0n) is 14.7. The molecule has 5 unspecified atom stereocenters. The van der Waals surface area contributed by atoms with Crippen LogP contribution in [0.5, 0.6) is 5.75 Å². The van der Waals surface area contributed by atoms with Gasteiger partial charge in [0.1, 0.15) is 24.1 Å². The van der Waals surface area contributed by atoms with E-state index in [0.29, 0.717) is 18.7 Å². The minimum absolute atomic E-state index is 0.0767. The first-order valence-corrected chi connectivity index (χ1v) is 8.57. The summed E-state index contributed by atoms with van der Waals surface area (Å²) < 4.78 is 11.2. The third-order valence-corrected chi connectivity index (χ3v) is 4.57. The lowest BCUT2D eigenvalue weighted by Crippen LogP contribution is -2.58. The van der Waals surface area contributed by atoms with Crippen LogP contribution in [0.1, 0.15) is 19.4 Å². The van der Waals surface area contributed by atoms with Crippen LogP contribution in [0.2, 0.25) is 0 Å². The fraction of sp³-hybridized carbons (Fsp3) is 0.500. The number of carbonyl (C=O) groups is 1. The summed E-state index contributed by atoms with van der Waals surface area (Å²) in [7, 11) is 0. The molecular formula is C18H24N2O6. The highest BCUT2D eigenvalue weighted by molar-refractivity contribution is 5.84. The molecule has 26 heavy (non-hydrogen) atoms. The van der Waals surface area contributed by atoms with Crippen LogP contribution in [0.3, 0.4) is 0 Å². The number of nitrogens with one attached hydrogen (secondary N) is 2. The number of aliphatic hydroxyl groups is 3. The maximum Gasteiger partial charge on any atom is 0.229 e. The molecular weight excluding hydrogens is 340 g/mol. The summed E-state index contributed by atoms with van der Waals surface area (Å²) in [5.41, 5.74) is 1.94. The molecule has 2 aromatic rings. The fourth-order valence-electron chi connectivity index (χ4n) is 3.06. The molecule has 1 saturated heterocycles. The van der Waals surface area contributed by atoms with E-state index in [1.165, 1.54) is 6.92 Å². The van der Waals surface area contributed by atoms with Gasteiger partial charge in [-0.25, -0.2) is 0 Å². The quantitative estimate of drug-likeness (QED) is 0.511. The third kappa shape index (κ3) is 3.83. The summed E-state index contributed by atoms with van der Waals surface area (Å²) in [6.07, 6.45) is -3.07. The van der Waals surface area contributed by atoms with Gasteiger partial charge in [-0.15, -0.1) is 0 Å². The summed E-state index contributed by atoms with van der Waals surface area (Å²) in [6.45, 7) is 3.61. The highest BCUT2D eigenvalue weighted by atomic mass is 16.7. The Morgan fingerprint density at radius 3 is 2.77 bits per heavy atom. The average Bonchev–Trinajstić information content (AvgIpc) is 3.00. The molecule has 0 radical (unpaired) electrons. The van der Waals surface area contributed by atoms with Gasteiger partial charge >= 0.3 is 0 Å². The number of ether oxygens (including phenoxy) is 2. The van der Waals surface area contributed by atoms with Gasteiger partial charge in [-0.2, -0.15) is 0 Å². The molecule has 0 saturated carbocycles. The molecule has 3 rings (SSSR count). The van der Waals surface area contributed by atoms with E-state index in [9.17, 15) is 20.1 Å². The third-order valence-electron chi connectivity index (χ3n) is 4.57. The van der Waals surface area contributed by atoms with Crippen LogP contribution in [0.15, 0.2) is 24.4 Å². The lowest BCUT2D eigenvalue weighted by atomic mass is 10.00. The van der Waals surface area contributed by atoms with E-state index in [1.807, 2.05) is 18.3 Å². The Morgan fingerprint density at radius 2 is 2.04 bits per heavy atom. The molecule has 0 spiro atoms. The maximum atomic E-state index is 11.0. The number of amides is 1. The standard InChI is InChI=1S/C18H24N2O6/c1-9-15(22)16(23)17(24)18(25-9)26-12-3-4-14-13(7-12)11(8-20-14)5-6-19-10(2)21/h3-4,7-9,15-18,20,22-24H,5-6H2,1-2H3,(H,19,21). The van der Waals surface area contributed by atoms with Crippen LogP contribution in [0.4, 0.5) is 0 Å². The van der Waals surface area contributed by atoms with Gasteiger partial charge in [-0.05, 0) is 37.1 Å². The predicted molar refractivity (Wildman–Crippen MR) is 93.7 cm³/mol. The molecule has 5 atom stereocenters. The SMILES string of the molecule is CC(=O)NCCc1c[nH]c2ccc(OC3OC(C)C(O)C(O)C3O)cc12. The number of aliphatic hydroxyl groups excluding tert-OH is 3. The number of hydrogen-bond acceptors (Lipinski definition) is 6. The molecule has 2 heterocycles. The van der Waals surface area contributed by atoms with Crippen molar-refractivity contribution in [2.45, 2.75) is 51.0 Å². The molecule has 5 N–H and O–H groups in total. The minimum atomic E-state index is -1.36. The van der Waals surface area contributed by atoms with Crippen molar-refractivity contribution in [3.05, 3.63) is 30.0 Å². The topological polar surface area (TPSA) is 124 Å². The largest absolute Gasteiger partial charge is 0.462 e. The summed E-state index contributed by atoms with van der Waals surface area (Å²) in [4.78, 5) is 14.2. The molecule has 1 aliphatic heterocycles. The monoisotopic (exact) mass is 364 g/mol. The summed E-state index contributed by atoms with van der Waals surface area (Å²) >= 11 is 0. The van der Waals surface area contributed by atoms with Crippen molar-refractivity contribution in [3.63, 3.8) is 0 Å². The Kier molecular flexibility index (Phi) is 5.47. The normalized spacial score (nSPS) is 28.9. The van der Waals surface area contributed by atoms with Crippen molar-refractivity contribution in [3.8, 4) is 5.75 Å². The molecule has 0 bridgehead atoms. The van der Waals surface area contributed by atoms with Gasteiger partial charge in [0.15, 0.2) is 0 Å². The number of hydrogen-bond donors (Lipinski definition) is 5. The Labute approximate surface area is 150 Å². The van der Waals surface area contributed by atoms with Gasteiger partial charge in [0, 0.05) is 30.6 Å². The van der Waals surface area contributed by atoms with Crippen molar-refractivity contribution in [1.29, 1.82) is 0 Å². The van der Waals surface area contributed by atoms with Crippen LogP contribution in [-0.2, 0) is 16.0 Å². The first kappa shape index (κ1) is 18.7. The Balaban J connectivity index is 1.75. The minimum Gasteiger partial charge on any atom is -0.462 e. The van der Waals surface area contributed by atoms with E-state index in [1.54, 1.807) is 13.0 Å². The summed E-state index contributed by atoms with van der Waals surface area (Å²) in [5, 5.41) is 33.4.